The van der Waals surface area contributed by atoms with E-state index in [1.54, 1.807) is 0 Å². The van der Waals surface area contributed by atoms with Crippen LogP contribution in [-0.2, 0) is 0 Å². The Hall–Kier alpha value is 2.48. The average molecular weight is 483 g/mol. The van der Waals surface area contributed by atoms with Gasteiger partial charge in [-0.15, -0.1) is 0 Å². The van der Waals surface area contributed by atoms with E-state index in [1.807, 2.05) is 0 Å². The van der Waals surface area contributed by atoms with Crippen LogP contribution in [0.1, 0.15) is 0 Å². The van der Waals surface area contributed by atoms with E-state index in [4.69, 9.17) is 0 Å². The van der Waals surface area contributed by atoms with E-state index >= 15 is 0 Å². The van der Waals surface area contributed by atoms with Gasteiger partial charge in [0.05, 0.1) is 0 Å². The maximum atomic E-state index is 0. The molecule has 0 aliphatic carbocycles. The van der Waals surface area contributed by atoms with Crippen LogP contribution in [0.4, 0.5) is 0 Å². The van der Waals surface area contributed by atoms with Crippen LogP contribution in [0, 0.1) is 39.9 Å². The Kier molecular flexibility index (Phi) is 2130. The summed E-state index contributed by atoms with van der Waals surface area (Å²) >= 11 is 0. The second-order valence-corrected chi connectivity index (χ2v) is 0. The molecule has 0 saturated carbocycles. The van der Waals surface area contributed by atoms with Gasteiger partial charge in [0.25, 0.3) is 0 Å². The van der Waals surface area contributed by atoms with Crippen LogP contribution in [0.5, 0.6) is 0 Å². The normalized spacial score (nSPS) is 0. The van der Waals surface area contributed by atoms with Crippen molar-refractivity contribution < 1.29 is 68.2 Å². The molecule has 8 heteroatoms. The van der Waals surface area contributed by atoms with Crippen LogP contribution >= 0.6 is 0 Å². The molecule has 0 rings (SSSR count). The van der Waals surface area contributed by atoms with Crippen molar-refractivity contribution in [3.63, 3.8) is 0 Å². The third-order valence-electron chi connectivity index (χ3n) is 0. The SMILES string of the molecule is [Ba+2].[F-].[F-].[F-].[F-].[F-].[F-].[Th+4]. The molecule has 48 valence electrons. The Morgan fingerprint density at radius 1 is 0.375 bits per heavy atom. The maximum Gasteiger partial charge on any atom is 4.00 e. The van der Waals surface area contributed by atoms with Crippen molar-refractivity contribution in [3.8, 4) is 0 Å². The standard InChI is InChI=1S/Ba.6FH.Th/h;6*1H;/q+2;;;;;;;+4/p-6. The van der Waals surface area contributed by atoms with Crippen molar-refractivity contribution in [1.29, 1.82) is 0 Å². The smallest absolute Gasteiger partial charge is 1.00 e. The van der Waals surface area contributed by atoms with E-state index in [0.717, 1.165) is 0 Å². The van der Waals surface area contributed by atoms with Gasteiger partial charge in [-0.1, -0.05) is 0 Å². The third kappa shape index (κ3) is 77.3. The molecule has 0 saturated heterocycles. The van der Waals surface area contributed by atoms with Gasteiger partial charge < -0.3 is 28.2 Å². The first-order chi connectivity index (χ1) is 0. The fraction of sp³-hybridized carbons (Fsp3) is 0. The first-order valence-electron chi connectivity index (χ1n) is 0. The molecule has 0 N–H and O–H groups in total. The number of hydrogen-bond acceptors (Lipinski definition) is 0. The molecular weight excluding hydrogens is 483 g/mol. The Labute approximate surface area is 115 Å². The minimum atomic E-state index is 0. The zero-order chi connectivity index (χ0) is 0. The summed E-state index contributed by atoms with van der Waals surface area (Å²) in [5.41, 5.74) is 0. The van der Waals surface area contributed by atoms with E-state index in [0.29, 0.717) is 0 Å². The van der Waals surface area contributed by atoms with Crippen molar-refractivity contribution >= 4 is 48.9 Å². The van der Waals surface area contributed by atoms with E-state index in [9.17, 15) is 0 Å². The summed E-state index contributed by atoms with van der Waals surface area (Å²) < 4.78 is 0. The molecule has 0 heterocycles. The van der Waals surface area contributed by atoms with Crippen molar-refractivity contribution in [2.45, 2.75) is 0 Å². The Bertz CT molecular complexity index is 8.49. The molecule has 0 fully saturated rings. The van der Waals surface area contributed by atoms with Crippen LogP contribution < -0.4 is 28.2 Å². The summed E-state index contributed by atoms with van der Waals surface area (Å²) in [6, 6.07) is 0. The molecule has 0 aliphatic heterocycles. The van der Waals surface area contributed by atoms with Crippen molar-refractivity contribution in [2.75, 3.05) is 0 Å². The fourth-order valence-corrected chi connectivity index (χ4v) is 0. The molecule has 8 heavy (non-hydrogen) atoms. The molecule has 0 radical (unpaired) electrons. The summed E-state index contributed by atoms with van der Waals surface area (Å²) in [6.07, 6.45) is 0. The molecular formula is BaF6Th. The van der Waals surface area contributed by atoms with E-state index in [-0.39, 0.29) is 117 Å². The second kappa shape index (κ2) is 111. The fourth-order valence-electron chi connectivity index (χ4n) is 0. The summed E-state index contributed by atoms with van der Waals surface area (Å²) in [5.74, 6) is 0. The van der Waals surface area contributed by atoms with Crippen LogP contribution in [0.25, 0.3) is 0 Å². The Morgan fingerprint density at radius 3 is 0.375 bits per heavy atom. The van der Waals surface area contributed by atoms with Gasteiger partial charge in [0.2, 0.25) is 0 Å². The minimum absolute atomic E-state index is 0. The van der Waals surface area contributed by atoms with Gasteiger partial charge in [0.15, 0.2) is 0 Å². The first kappa shape index (κ1) is 153. The molecule has 0 aromatic rings. The predicted molar refractivity (Wildman–Crippen MR) is 5.75 cm³/mol. The van der Waals surface area contributed by atoms with Crippen LogP contribution in [-0.4, -0.2) is 48.9 Å². The summed E-state index contributed by atoms with van der Waals surface area (Å²) in [6.45, 7) is 0. The van der Waals surface area contributed by atoms with Gasteiger partial charge in [-0.2, -0.15) is 0 Å². The molecule has 0 atom stereocenters. The molecule has 0 nitrogen and oxygen atoms in total. The largest absolute Gasteiger partial charge is 4.00 e. The van der Waals surface area contributed by atoms with Crippen molar-refractivity contribution in [3.05, 3.63) is 0 Å². The third-order valence-corrected chi connectivity index (χ3v) is 0. The van der Waals surface area contributed by atoms with E-state index < -0.39 is 0 Å². The number of hydrogen-bond donors (Lipinski definition) is 0. The number of halogens is 6. The second-order valence-electron chi connectivity index (χ2n) is 0. The quantitative estimate of drug-likeness (QED) is 0.237. The Morgan fingerprint density at radius 2 is 0.375 bits per heavy atom. The van der Waals surface area contributed by atoms with Gasteiger partial charge in [-0.05, 0) is 0 Å². The van der Waals surface area contributed by atoms with Crippen molar-refractivity contribution in [2.24, 2.45) is 0 Å². The van der Waals surface area contributed by atoms with Gasteiger partial charge in [-0.3, -0.25) is 0 Å². The minimum Gasteiger partial charge on any atom is -1.00 e. The topological polar surface area (TPSA) is 0 Å². The monoisotopic (exact) mass is 484 g/mol. The molecule has 0 bridgehead atoms. The summed E-state index contributed by atoms with van der Waals surface area (Å²) in [7, 11) is 0. The zero-order valence-corrected chi connectivity index (χ0v) is 12.0. The van der Waals surface area contributed by atoms with Gasteiger partial charge >= 0.3 is 88.8 Å². The molecule has 0 aromatic heterocycles. The molecule has 0 spiro atoms. The van der Waals surface area contributed by atoms with Crippen molar-refractivity contribution in [1.82, 2.24) is 0 Å². The Balaban J connectivity index is 0. The summed E-state index contributed by atoms with van der Waals surface area (Å²) in [5, 5.41) is 0. The van der Waals surface area contributed by atoms with Gasteiger partial charge in [0.1, 0.15) is 0 Å². The molecule has 0 aromatic carbocycles. The molecule has 0 unspecified atom stereocenters. The first-order valence-corrected chi connectivity index (χ1v) is 0. The van der Waals surface area contributed by atoms with Gasteiger partial charge in [0, 0.05) is 0 Å². The van der Waals surface area contributed by atoms with Crippen LogP contribution in [0.2, 0.25) is 0 Å². The maximum absolute atomic E-state index is 0. The van der Waals surface area contributed by atoms with E-state index in [1.165, 1.54) is 0 Å². The van der Waals surface area contributed by atoms with Crippen LogP contribution in [0.3, 0.4) is 0 Å². The van der Waals surface area contributed by atoms with Gasteiger partial charge in [-0.25, -0.2) is 0 Å². The van der Waals surface area contributed by atoms with Crippen LogP contribution in [0.15, 0.2) is 0 Å². The summed E-state index contributed by atoms with van der Waals surface area (Å²) in [4.78, 5) is 0. The average Bonchev–Trinajstić information content (AvgIpc) is 0. The zero-order valence-electron chi connectivity index (χ0n) is 3.47. The predicted octanol–water partition coefficient (Wildman–Crippen LogP) is -18.4. The molecule has 0 amide bonds. The van der Waals surface area contributed by atoms with E-state index in [2.05, 4.69) is 0 Å². The number of rotatable bonds is 0. The molecule has 0 aliphatic rings.